The van der Waals surface area contributed by atoms with E-state index >= 15 is 0 Å². The fourth-order valence-electron chi connectivity index (χ4n) is 1.94. The van der Waals surface area contributed by atoms with Gasteiger partial charge in [0.1, 0.15) is 0 Å². The molecule has 2 aromatic carbocycles. The van der Waals surface area contributed by atoms with Crippen LogP contribution in [-0.2, 0) is 0 Å². The molecule has 112 valence electrons. The van der Waals surface area contributed by atoms with E-state index < -0.39 is 12.7 Å². The molecule has 0 radical (unpaired) electrons. The van der Waals surface area contributed by atoms with Crippen LogP contribution < -0.4 is 10.6 Å². The van der Waals surface area contributed by atoms with E-state index in [1.165, 1.54) is 0 Å². The molecule has 0 unspecified atom stereocenters. The second-order valence-electron chi connectivity index (χ2n) is 4.66. The van der Waals surface area contributed by atoms with Crippen LogP contribution in [0.2, 0.25) is 0 Å². The van der Waals surface area contributed by atoms with Gasteiger partial charge in [-0.3, -0.25) is 0 Å². The average molecular weight is 294 g/mol. The Bertz CT molecular complexity index is 536. The van der Waals surface area contributed by atoms with Crippen LogP contribution in [-0.4, -0.2) is 25.8 Å². The Morgan fingerprint density at radius 2 is 1.38 bits per heavy atom. The second-order valence-corrected chi connectivity index (χ2v) is 4.66. The third kappa shape index (κ3) is 5.47. The number of nitrogens with one attached hydrogen (secondary N) is 2. The minimum Gasteiger partial charge on any atom is -0.384 e. The predicted octanol–water partition coefficient (Wildman–Crippen LogP) is 3.92. The van der Waals surface area contributed by atoms with Crippen LogP contribution in [0.5, 0.6) is 0 Å². The Labute approximate surface area is 122 Å². The van der Waals surface area contributed by atoms with Gasteiger partial charge in [-0.05, 0) is 23.3 Å². The number of hydrogen-bond acceptors (Lipinski definition) is 2. The third-order valence-corrected chi connectivity index (χ3v) is 2.95. The van der Waals surface area contributed by atoms with Crippen molar-refractivity contribution in [1.29, 1.82) is 0 Å². The van der Waals surface area contributed by atoms with Gasteiger partial charge in [-0.25, -0.2) is 0 Å². The van der Waals surface area contributed by atoms with E-state index in [9.17, 15) is 13.2 Å². The first-order valence-electron chi connectivity index (χ1n) is 6.71. The zero-order valence-corrected chi connectivity index (χ0v) is 11.5. The summed E-state index contributed by atoms with van der Waals surface area (Å²) < 4.78 is 35.8. The smallest absolute Gasteiger partial charge is 0.384 e. The molecule has 0 amide bonds. The maximum atomic E-state index is 11.9. The maximum absolute atomic E-state index is 11.9. The molecular weight excluding hydrogens is 277 g/mol. The lowest BCUT2D eigenvalue weighted by Crippen LogP contribution is -2.32. The lowest BCUT2D eigenvalue weighted by molar-refractivity contribution is -0.124. The molecule has 0 atom stereocenters. The summed E-state index contributed by atoms with van der Waals surface area (Å²) in [6.07, 6.45) is -4.16. The van der Waals surface area contributed by atoms with E-state index in [2.05, 4.69) is 10.6 Å². The van der Waals surface area contributed by atoms with Crippen molar-refractivity contribution in [3.63, 3.8) is 0 Å². The first-order chi connectivity index (χ1) is 10.0. The number of hydrogen-bond donors (Lipinski definition) is 2. The minimum absolute atomic E-state index is 0.264. The van der Waals surface area contributed by atoms with Gasteiger partial charge in [0.2, 0.25) is 0 Å². The Morgan fingerprint density at radius 1 is 0.762 bits per heavy atom. The van der Waals surface area contributed by atoms with Gasteiger partial charge < -0.3 is 10.6 Å². The first-order valence-corrected chi connectivity index (χ1v) is 6.71. The fraction of sp³-hybridized carbons (Fsp3) is 0.250. The van der Waals surface area contributed by atoms with Crippen molar-refractivity contribution in [2.24, 2.45) is 0 Å². The van der Waals surface area contributed by atoms with Crippen LogP contribution in [0.15, 0.2) is 54.6 Å². The second kappa shape index (κ2) is 7.13. The number of alkyl halides is 3. The monoisotopic (exact) mass is 294 g/mol. The number of anilines is 1. The van der Waals surface area contributed by atoms with Gasteiger partial charge in [0.25, 0.3) is 0 Å². The third-order valence-electron chi connectivity index (χ3n) is 2.95. The lowest BCUT2D eigenvalue weighted by Gasteiger charge is -2.10. The Kier molecular flexibility index (Phi) is 5.22. The number of rotatable bonds is 6. The highest BCUT2D eigenvalue weighted by Gasteiger charge is 2.25. The van der Waals surface area contributed by atoms with Crippen LogP contribution in [0.3, 0.4) is 0 Å². The van der Waals surface area contributed by atoms with E-state index in [0.717, 1.165) is 16.8 Å². The summed E-state index contributed by atoms with van der Waals surface area (Å²) in [7, 11) is 0. The molecule has 0 aromatic heterocycles. The number of benzene rings is 2. The van der Waals surface area contributed by atoms with Crippen LogP contribution >= 0.6 is 0 Å². The van der Waals surface area contributed by atoms with Crippen molar-refractivity contribution in [2.75, 3.05) is 25.0 Å². The van der Waals surface area contributed by atoms with Gasteiger partial charge in [0.15, 0.2) is 0 Å². The fourth-order valence-corrected chi connectivity index (χ4v) is 1.94. The van der Waals surface area contributed by atoms with E-state index in [1.54, 1.807) is 0 Å². The Balaban J connectivity index is 1.78. The summed E-state index contributed by atoms with van der Waals surface area (Å²) in [5.41, 5.74) is 3.13. The predicted molar refractivity (Wildman–Crippen MR) is 79.3 cm³/mol. The molecule has 0 heterocycles. The molecule has 0 saturated carbocycles. The van der Waals surface area contributed by atoms with Crippen molar-refractivity contribution in [1.82, 2.24) is 5.32 Å². The van der Waals surface area contributed by atoms with Gasteiger partial charge in [-0.1, -0.05) is 42.5 Å². The molecule has 0 fully saturated rings. The number of halogens is 3. The highest BCUT2D eigenvalue weighted by molar-refractivity contribution is 5.65. The molecule has 0 bridgehead atoms. The lowest BCUT2D eigenvalue weighted by atomic mass is 10.1. The summed E-state index contributed by atoms with van der Waals surface area (Å²) in [5.74, 6) is 0. The molecule has 21 heavy (non-hydrogen) atoms. The molecule has 2 rings (SSSR count). The molecule has 0 aliphatic carbocycles. The normalized spacial score (nSPS) is 11.4. The van der Waals surface area contributed by atoms with Gasteiger partial charge in [0.05, 0.1) is 6.54 Å². The van der Waals surface area contributed by atoms with Crippen molar-refractivity contribution in [3.8, 4) is 11.1 Å². The van der Waals surface area contributed by atoms with Gasteiger partial charge >= 0.3 is 6.18 Å². The molecule has 2 aromatic rings. The zero-order chi connectivity index (χ0) is 15.1. The standard InChI is InChI=1S/C16H17F3N2/c17-16(18,19)12-20-10-11-21-15-8-6-14(7-9-15)13-4-2-1-3-5-13/h1-9,20-21H,10-12H2. The average Bonchev–Trinajstić information content (AvgIpc) is 2.47. The van der Waals surface area contributed by atoms with Crippen molar-refractivity contribution in [2.45, 2.75) is 6.18 Å². The molecule has 0 saturated heterocycles. The van der Waals surface area contributed by atoms with Crippen molar-refractivity contribution in [3.05, 3.63) is 54.6 Å². The minimum atomic E-state index is -4.16. The highest BCUT2D eigenvalue weighted by Crippen LogP contribution is 2.20. The van der Waals surface area contributed by atoms with Crippen LogP contribution in [0, 0.1) is 0 Å². The molecule has 5 heteroatoms. The van der Waals surface area contributed by atoms with Crippen LogP contribution in [0.1, 0.15) is 0 Å². The molecule has 2 N–H and O–H groups in total. The topological polar surface area (TPSA) is 24.1 Å². The zero-order valence-electron chi connectivity index (χ0n) is 11.5. The molecule has 0 spiro atoms. The van der Waals surface area contributed by atoms with Crippen LogP contribution in [0.4, 0.5) is 18.9 Å². The van der Waals surface area contributed by atoms with Crippen molar-refractivity contribution >= 4 is 5.69 Å². The largest absolute Gasteiger partial charge is 0.401 e. The quantitative estimate of drug-likeness (QED) is 0.789. The Hall–Kier alpha value is -2.01. The van der Waals surface area contributed by atoms with E-state index in [1.807, 2.05) is 54.6 Å². The SMILES string of the molecule is FC(F)(F)CNCCNc1ccc(-c2ccccc2)cc1. The maximum Gasteiger partial charge on any atom is 0.401 e. The summed E-state index contributed by atoms with van der Waals surface area (Å²) in [6.45, 7) is -0.248. The first kappa shape index (κ1) is 15.4. The Morgan fingerprint density at radius 3 is 2.00 bits per heavy atom. The molecule has 2 nitrogen and oxygen atoms in total. The summed E-state index contributed by atoms with van der Waals surface area (Å²) in [4.78, 5) is 0. The van der Waals surface area contributed by atoms with Crippen molar-refractivity contribution < 1.29 is 13.2 Å². The van der Waals surface area contributed by atoms with Gasteiger partial charge in [0, 0.05) is 18.8 Å². The molecule has 0 aliphatic rings. The summed E-state index contributed by atoms with van der Waals surface area (Å²) in [6, 6.07) is 17.8. The van der Waals surface area contributed by atoms with Gasteiger partial charge in [-0.15, -0.1) is 0 Å². The summed E-state index contributed by atoms with van der Waals surface area (Å²) in [5, 5.41) is 5.43. The van der Waals surface area contributed by atoms with E-state index in [-0.39, 0.29) is 6.54 Å². The van der Waals surface area contributed by atoms with E-state index in [4.69, 9.17) is 0 Å². The van der Waals surface area contributed by atoms with E-state index in [0.29, 0.717) is 6.54 Å². The summed E-state index contributed by atoms with van der Waals surface area (Å²) >= 11 is 0. The molecular formula is C16H17F3N2. The molecule has 0 aliphatic heterocycles. The van der Waals surface area contributed by atoms with Crippen LogP contribution in [0.25, 0.3) is 11.1 Å². The highest BCUT2D eigenvalue weighted by atomic mass is 19.4. The van der Waals surface area contributed by atoms with Gasteiger partial charge in [-0.2, -0.15) is 13.2 Å².